The highest BCUT2D eigenvalue weighted by Crippen LogP contribution is 2.31. The van der Waals surface area contributed by atoms with Crippen molar-refractivity contribution in [1.82, 2.24) is 9.47 Å². The molecule has 0 N–H and O–H groups in total. The van der Waals surface area contributed by atoms with E-state index in [4.69, 9.17) is 0 Å². The molecule has 0 atom stereocenters. The van der Waals surface area contributed by atoms with Gasteiger partial charge in [-0.3, -0.25) is 4.90 Å². The smallest absolute Gasteiger partial charge is 0.358 e. The maximum atomic E-state index is 13.2. The van der Waals surface area contributed by atoms with Crippen LogP contribution in [0, 0.1) is 10.1 Å². The van der Waals surface area contributed by atoms with Crippen LogP contribution in [-0.2, 0) is 32.0 Å². The topological polar surface area (TPSA) is 51.3 Å². The highest BCUT2D eigenvalue weighted by molar-refractivity contribution is 5.85. The lowest BCUT2D eigenvalue weighted by Gasteiger charge is -2.23. The number of nitro groups is 1. The fourth-order valence-electron chi connectivity index (χ4n) is 4.46. The summed E-state index contributed by atoms with van der Waals surface area (Å²) in [6.07, 6.45) is -8.69. The number of para-hydroxylation sites is 1. The normalized spacial score (nSPS) is 12.1. The summed E-state index contributed by atoms with van der Waals surface area (Å²) < 4.78 is 80.9. The zero-order valence-corrected chi connectivity index (χ0v) is 21.2. The van der Waals surface area contributed by atoms with Crippen LogP contribution >= 0.6 is 12.4 Å². The maximum absolute atomic E-state index is 13.2. The van der Waals surface area contributed by atoms with Gasteiger partial charge in [-0.15, -0.1) is 12.4 Å². The first-order valence-electron chi connectivity index (χ1n) is 11.7. The van der Waals surface area contributed by atoms with Gasteiger partial charge in [0.05, 0.1) is 17.7 Å². The maximum Gasteiger partial charge on any atom is 0.416 e. The van der Waals surface area contributed by atoms with Gasteiger partial charge in [-0.25, -0.2) is 4.57 Å². The molecule has 1 aromatic heterocycles. The summed E-state index contributed by atoms with van der Waals surface area (Å²) in [4.78, 5) is 12.8. The summed E-state index contributed by atoms with van der Waals surface area (Å²) in [6, 6.07) is 18.1. The number of fused-ring (bicyclic) bond motifs is 1. The molecular weight excluding hydrogens is 548 g/mol. The van der Waals surface area contributed by atoms with Crippen molar-refractivity contribution in [2.24, 2.45) is 0 Å². The van der Waals surface area contributed by atoms with Gasteiger partial charge < -0.3 is 10.1 Å². The number of rotatable bonds is 9. The minimum atomic E-state index is -4.53. The van der Waals surface area contributed by atoms with Crippen LogP contribution in [0.3, 0.4) is 0 Å². The Morgan fingerprint density at radius 3 is 1.82 bits per heavy atom. The summed E-state index contributed by atoms with van der Waals surface area (Å²) in [5.41, 5.74) is -0.262. The van der Waals surface area contributed by atoms with E-state index >= 15 is 0 Å². The molecule has 4 aromatic rings. The number of aromatic nitrogens is 1. The lowest BCUT2D eigenvalue weighted by atomic mass is 10.1. The molecule has 0 aliphatic carbocycles. The third-order valence-corrected chi connectivity index (χ3v) is 6.15. The quantitative estimate of drug-likeness (QED) is 0.116. The van der Waals surface area contributed by atoms with E-state index in [9.17, 15) is 36.5 Å². The molecule has 0 aliphatic heterocycles. The van der Waals surface area contributed by atoms with Crippen LogP contribution in [-0.4, -0.2) is 20.9 Å². The minimum Gasteiger partial charge on any atom is -0.358 e. The average Bonchev–Trinajstić information content (AvgIpc) is 3.22. The molecule has 4 rings (SSSR count). The van der Waals surface area contributed by atoms with Crippen molar-refractivity contribution in [3.63, 3.8) is 0 Å². The summed E-state index contributed by atoms with van der Waals surface area (Å²) in [5.74, 6) is -0.0893. The van der Waals surface area contributed by atoms with Gasteiger partial charge in [0.1, 0.15) is 5.52 Å². The molecule has 0 unspecified atom stereocenters. The first-order valence-corrected chi connectivity index (χ1v) is 11.7. The van der Waals surface area contributed by atoms with Gasteiger partial charge in [0, 0.05) is 31.1 Å². The number of halogens is 7. The van der Waals surface area contributed by atoms with Gasteiger partial charge in [-0.05, 0) is 40.7 Å². The van der Waals surface area contributed by atoms with E-state index in [1.54, 1.807) is 33.7 Å². The predicted molar refractivity (Wildman–Crippen MR) is 137 cm³/mol. The summed E-state index contributed by atoms with van der Waals surface area (Å²) >= 11 is 0. The summed E-state index contributed by atoms with van der Waals surface area (Å²) in [5, 5.41) is 12.3. The third kappa shape index (κ3) is 7.51. The second kappa shape index (κ2) is 12.1. The van der Waals surface area contributed by atoms with Crippen molar-refractivity contribution in [2.45, 2.75) is 38.4 Å². The Kier molecular flexibility index (Phi) is 9.29. The van der Waals surface area contributed by atoms with Crippen molar-refractivity contribution in [3.8, 4) is 0 Å². The summed E-state index contributed by atoms with van der Waals surface area (Å²) in [6.45, 7) is 0.616. The molecule has 1 heterocycles. The first kappa shape index (κ1) is 30.0. The van der Waals surface area contributed by atoms with Gasteiger partial charge in [-0.1, -0.05) is 54.6 Å². The van der Waals surface area contributed by atoms with Crippen LogP contribution in [0.2, 0.25) is 0 Å². The second-order valence-corrected chi connectivity index (χ2v) is 8.93. The molecule has 0 aliphatic rings. The van der Waals surface area contributed by atoms with Crippen molar-refractivity contribution in [2.75, 3.05) is 6.54 Å². The number of hydrogen-bond acceptors (Lipinski definition) is 3. The number of hydrogen-bond donors (Lipinski definition) is 0. The Hall–Kier alpha value is -3.57. The number of benzene rings is 3. The van der Waals surface area contributed by atoms with E-state index in [0.29, 0.717) is 28.5 Å². The molecule has 5 nitrogen and oxygen atoms in total. The molecule has 0 spiro atoms. The van der Waals surface area contributed by atoms with E-state index in [1.165, 1.54) is 30.3 Å². The lowest BCUT2D eigenvalue weighted by molar-refractivity contribution is -0.391. The minimum absolute atomic E-state index is 0. The Morgan fingerprint density at radius 1 is 0.769 bits per heavy atom. The first-order chi connectivity index (χ1) is 17.9. The van der Waals surface area contributed by atoms with Crippen molar-refractivity contribution in [3.05, 3.63) is 111 Å². The van der Waals surface area contributed by atoms with Gasteiger partial charge >= 0.3 is 18.2 Å². The second-order valence-electron chi connectivity index (χ2n) is 8.93. The van der Waals surface area contributed by atoms with Crippen LogP contribution < -0.4 is 0 Å². The molecule has 0 bridgehead atoms. The summed E-state index contributed by atoms with van der Waals surface area (Å²) in [7, 11) is 0. The number of aryl methyl sites for hydroxylation is 1. The molecule has 0 radical (unpaired) electrons. The van der Waals surface area contributed by atoms with Crippen molar-refractivity contribution in [1.29, 1.82) is 0 Å². The molecule has 12 heteroatoms. The number of alkyl halides is 6. The standard InChI is InChI=1S/C27H23F6N3O2.ClH/c28-26(29,30)22-9-3-6-19(14-22)17-34(18-20-7-4-10-23(15-20)27(31,32)33)12-5-13-35-24-11-2-1-8-21(24)16-25(35)36(37)38;/h1-4,6-11,14-16H,5,12-13,17-18H2;1H. The fraction of sp³-hybridized carbons (Fsp3) is 0.259. The largest absolute Gasteiger partial charge is 0.416 e. The van der Waals surface area contributed by atoms with Crippen LogP contribution in [0.1, 0.15) is 28.7 Å². The van der Waals surface area contributed by atoms with Gasteiger partial charge in [0.15, 0.2) is 0 Å². The van der Waals surface area contributed by atoms with E-state index in [1.807, 2.05) is 0 Å². The van der Waals surface area contributed by atoms with Crippen LogP contribution in [0.5, 0.6) is 0 Å². The fourth-order valence-corrected chi connectivity index (χ4v) is 4.46. The SMILES string of the molecule is Cl.O=[N+]([O-])c1cc2ccccc2n1CCCN(Cc1cccc(C(F)(F)F)c1)Cc1cccc(C(F)(F)F)c1. The monoisotopic (exact) mass is 571 g/mol. The van der Waals surface area contributed by atoms with Crippen molar-refractivity contribution >= 4 is 29.1 Å². The highest BCUT2D eigenvalue weighted by atomic mass is 35.5. The van der Waals surface area contributed by atoms with E-state index in [0.717, 1.165) is 24.3 Å². The molecule has 0 amide bonds. The molecule has 0 saturated heterocycles. The van der Waals surface area contributed by atoms with Gasteiger partial charge in [0.25, 0.3) is 0 Å². The van der Waals surface area contributed by atoms with Crippen molar-refractivity contribution < 1.29 is 31.3 Å². The lowest BCUT2D eigenvalue weighted by Crippen LogP contribution is -2.25. The Labute approximate surface area is 226 Å². The van der Waals surface area contributed by atoms with E-state index in [-0.39, 0.29) is 44.4 Å². The van der Waals surface area contributed by atoms with E-state index < -0.39 is 28.4 Å². The van der Waals surface area contributed by atoms with Gasteiger partial charge in [0.2, 0.25) is 0 Å². The zero-order chi connectivity index (χ0) is 27.5. The molecule has 39 heavy (non-hydrogen) atoms. The van der Waals surface area contributed by atoms with Crippen LogP contribution in [0.25, 0.3) is 10.9 Å². The molecular formula is C27H24ClF6N3O2. The molecule has 208 valence electrons. The predicted octanol–water partition coefficient (Wildman–Crippen LogP) is 8.10. The van der Waals surface area contributed by atoms with Crippen LogP contribution in [0.15, 0.2) is 78.9 Å². The molecule has 0 saturated carbocycles. The Morgan fingerprint density at radius 2 is 1.31 bits per heavy atom. The number of nitrogens with zero attached hydrogens (tertiary/aromatic N) is 3. The Bertz CT molecular complexity index is 1380. The molecule has 3 aromatic carbocycles. The highest BCUT2D eigenvalue weighted by Gasteiger charge is 2.31. The van der Waals surface area contributed by atoms with Crippen LogP contribution in [0.4, 0.5) is 32.2 Å². The average molecular weight is 572 g/mol. The van der Waals surface area contributed by atoms with Gasteiger partial charge in [-0.2, -0.15) is 26.3 Å². The third-order valence-electron chi connectivity index (χ3n) is 6.15. The van der Waals surface area contributed by atoms with E-state index in [2.05, 4.69) is 0 Å². The molecule has 0 fully saturated rings. The Balaban J connectivity index is 0.00000420. The zero-order valence-electron chi connectivity index (χ0n) is 20.4.